The summed E-state index contributed by atoms with van der Waals surface area (Å²) < 4.78 is 10.8. The van der Waals surface area contributed by atoms with Crippen molar-refractivity contribution in [3.05, 3.63) is 53.6 Å². The van der Waals surface area contributed by atoms with Crippen molar-refractivity contribution in [2.75, 3.05) is 43.6 Å². The van der Waals surface area contributed by atoms with Crippen LogP contribution in [-0.4, -0.2) is 39.3 Å². The molecule has 1 amide bonds. The van der Waals surface area contributed by atoms with Crippen LogP contribution in [0, 0.1) is 6.92 Å². The zero-order valence-corrected chi connectivity index (χ0v) is 16.2. The normalized spacial score (nSPS) is 14.1. The zero-order chi connectivity index (χ0) is 19.1. The maximum Gasteiger partial charge on any atom is 0.224 e. The van der Waals surface area contributed by atoms with E-state index in [1.54, 1.807) is 7.11 Å². The van der Waals surface area contributed by atoms with Crippen LogP contribution < -0.4 is 15.0 Å². The number of hydrogen-bond acceptors (Lipinski definition) is 4. The Kier molecular flexibility index (Phi) is 6.71. The van der Waals surface area contributed by atoms with Crippen molar-refractivity contribution in [3.63, 3.8) is 0 Å². The lowest BCUT2D eigenvalue weighted by molar-refractivity contribution is -0.116. The van der Waals surface area contributed by atoms with Crippen molar-refractivity contribution < 1.29 is 14.3 Å². The number of benzene rings is 2. The third-order valence-corrected chi connectivity index (χ3v) is 4.94. The molecule has 0 saturated carbocycles. The maximum absolute atomic E-state index is 12.4. The average Bonchev–Trinajstić information content (AvgIpc) is 2.70. The lowest BCUT2D eigenvalue weighted by atomic mass is 10.0. The molecule has 1 fully saturated rings. The summed E-state index contributed by atoms with van der Waals surface area (Å²) in [7, 11) is 1.62. The van der Waals surface area contributed by atoms with E-state index in [4.69, 9.17) is 9.47 Å². The summed E-state index contributed by atoms with van der Waals surface area (Å²) in [5.74, 6) is 0.695. The topological polar surface area (TPSA) is 50.8 Å². The molecular weight excluding hydrogens is 340 g/mol. The van der Waals surface area contributed by atoms with Gasteiger partial charge in [-0.15, -0.1) is 0 Å². The molecule has 1 saturated heterocycles. The van der Waals surface area contributed by atoms with Crippen molar-refractivity contribution in [2.24, 2.45) is 0 Å². The second-order valence-electron chi connectivity index (χ2n) is 6.81. The quantitative estimate of drug-likeness (QED) is 0.808. The highest BCUT2D eigenvalue weighted by Crippen LogP contribution is 2.30. The summed E-state index contributed by atoms with van der Waals surface area (Å²) in [6.07, 6.45) is 2.21. The van der Waals surface area contributed by atoms with Gasteiger partial charge in [0.25, 0.3) is 0 Å². The van der Waals surface area contributed by atoms with Crippen molar-refractivity contribution in [1.82, 2.24) is 0 Å². The van der Waals surface area contributed by atoms with Crippen LogP contribution in [0.2, 0.25) is 0 Å². The van der Waals surface area contributed by atoms with Crippen LogP contribution in [0.25, 0.3) is 0 Å². The Morgan fingerprint density at radius 2 is 1.96 bits per heavy atom. The number of amides is 1. The van der Waals surface area contributed by atoms with Gasteiger partial charge in [0, 0.05) is 25.2 Å². The maximum atomic E-state index is 12.4. The number of methoxy groups -OCH3 is 1. The van der Waals surface area contributed by atoms with Gasteiger partial charge in [-0.3, -0.25) is 4.79 Å². The van der Waals surface area contributed by atoms with Crippen LogP contribution in [0.15, 0.2) is 42.5 Å². The van der Waals surface area contributed by atoms with Gasteiger partial charge in [-0.1, -0.05) is 24.3 Å². The first-order valence-corrected chi connectivity index (χ1v) is 9.52. The molecule has 0 bridgehead atoms. The molecule has 0 aromatic heterocycles. The summed E-state index contributed by atoms with van der Waals surface area (Å²) in [6.45, 7) is 5.28. The minimum Gasteiger partial charge on any atom is -0.495 e. The van der Waals surface area contributed by atoms with Gasteiger partial charge in [0.1, 0.15) is 5.75 Å². The van der Waals surface area contributed by atoms with Gasteiger partial charge >= 0.3 is 0 Å². The molecule has 1 aliphatic heterocycles. The van der Waals surface area contributed by atoms with Gasteiger partial charge in [0.2, 0.25) is 5.91 Å². The summed E-state index contributed by atoms with van der Waals surface area (Å²) in [5, 5.41) is 3.02. The third kappa shape index (κ3) is 5.23. The largest absolute Gasteiger partial charge is 0.495 e. The number of morpholine rings is 1. The fourth-order valence-electron chi connectivity index (χ4n) is 3.35. The highest BCUT2D eigenvalue weighted by Gasteiger charge is 2.15. The molecule has 2 aromatic rings. The van der Waals surface area contributed by atoms with E-state index >= 15 is 0 Å². The van der Waals surface area contributed by atoms with Crippen molar-refractivity contribution in [1.29, 1.82) is 0 Å². The Labute approximate surface area is 161 Å². The number of nitrogens with zero attached hydrogens (tertiary/aromatic N) is 1. The molecule has 144 valence electrons. The second kappa shape index (κ2) is 9.42. The minimum atomic E-state index is 0.0148. The zero-order valence-electron chi connectivity index (χ0n) is 16.2. The Bertz CT molecular complexity index is 770. The van der Waals surface area contributed by atoms with E-state index in [0.29, 0.717) is 12.2 Å². The lowest BCUT2D eigenvalue weighted by Gasteiger charge is -2.29. The molecule has 3 rings (SSSR count). The van der Waals surface area contributed by atoms with Crippen LogP contribution >= 0.6 is 0 Å². The van der Waals surface area contributed by atoms with Crippen molar-refractivity contribution in [2.45, 2.75) is 26.2 Å². The number of nitrogens with one attached hydrogen (secondary N) is 1. The average molecular weight is 368 g/mol. The first kappa shape index (κ1) is 19.2. The number of carbonyl (C=O) groups excluding carboxylic acids is 1. The molecular formula is C22H28N2O3. The number of aryl methyl sites for hydroxylation is 2. The van der Waals surface area contributed by atoms with E-state index in [-0.39, 0.29) is 5.91 Å². The van der Waals surface area contributed by atoms with Gasteiger partial charge in [0.15, 0.2) is 0 Å². The third-order valence-electron chi connectivity index (χ3n) is 4.94. The van der Waals surface area contributed by atoms with Gasteiger partial charge in [0.05, 0.1) is 26.0 Å². The summed E-state index contributed by atoms with van der Waals surface area (Å²) >= 11 is 0. The standard InChI is InChI=1S/C22H28N2O3/c1-17-6-3-4-7-18(17)8-5-9-22(25)23-20-16-19(10-11-21(20)26-2)24-12-14-27-15-13-24/h3-4,6-7,10-11,16H,5,8-9,12-15H2,1-2H3,(H,23,25). The summed E-state index contributed by atoms with van der Waals surface area (Å²) in [6, 6.07) is 14.2. The Morgan fingerprint density at radius 3 is 2.70 bits per heavy atom. The van der Waals surface area contributed by atoms with Crippen LogP contribution in [-0.2, 0) is 16.0 Å². The number of anilines is 2. The molecule has 0 radical (unpaired) electrons. The number of hydrogen-bond donors (Lipinski definition) is 1. The molecule has 0 unspecified atom stereocenters. The molecule has 5 nitrogen and oxygen atoms in total. The number of rotatable bonds is 7. The smallest absolute Gasteiger partial charge is 0.224 e. The van der Waals surface area contributed by atoms with Crippen LogP contribution in [0.1, 0.15) is 24.0 Å². The SMILES string of the molecule is COc1ccc(N2CCOCC2)cc1NC(=O)CCCc1ccccc1C. The van der Waals surface area contributed by atoms with Gasteiger partial charge in [-0.2, -0.15) is 0 Å². The molecule has 2 aromatic carbocycles. The first-order chi connectivity index (χ1) is 13.2. The summed E-state index contributed by atoms with van der Waals surface area (Å²) in [4.78, 5) is 14.7. The second-order valence-corrected chi connectivity index (χ2v) is 6.81. The van der Waals surface area contributed by atoms with E-state index in [1.807, 2.05) is 30.3 Å². The van der Waals surface area contributed by atoms with Gasteiger partial charge in [-0.05, 0) is 49.1 Å². The lowest BCUT2D eigenvalue weighted by Crippen LogP contribution is -2.36. The monoisotopic (exact) mass is 368 g/mol. The molecule has 0 atom stereocenters. The first-order valence-electron chi connectivity index (χ1n) is 9.52. The van der Waals surface area contributed by atoms with E-state index < -0.39 is 0 Å². The molecule has 0 spiro atoms. The van der Waals surface area contributed by atoms with Crippen molar-refractivity contribution in [3.8, 4) is 5.75 Å². The minimum absolute atomic E-state index is 0.0148. The summed E-state index contributed by atoms with van der Waals surface area (Å²) in [5.41, 5.74) is 4.38. The fourth-order valence-corrected chi connectivity index (χ4v) is 3.35. The predicted molar refractivity (Wildman–Crippen MR) is 109 cm³/mol. The molecule has 5 heteroatoms. The Morgan fingerprint density at radius 1 is 1.19 bits per heavy atom. The van der Waals surface area contributed by atoms with Crippen LogP contribution in [0.5, 0.6) is 5.75 Å². The molecule has 27 heavy (non-hydrogen) atoms. The number of carbonyl (C=O) groups is 1. The molecule has 1 N–H and O–H groups in total. The Balaban J connectivity index is 1.59. The van der Waals surface area contributed by atoms with Crippen molar-refractivity contribution >= 4 is 17.3 Å². The molecule has 0 aliphatic carbocycles. The molecule has 1 aliphatic rings. The highest BCUT2D eigenvalue weighted by molar-refractivity contribution is 5.93. The van der Waals surface area contributed by atoms with Gasteiger partial charge < -0.3 is 19.7 Å². The fraction of sp³-hybridized carbons (Fsp3) is 0.409. The number of ether oxygens (including phenoxy) is 2. The van der Waals surface area contributed by atoms with Crippen LogP contribution in [0.3, 0.4) is 0 Å². The molecule has 1 heterocycles. The Hall–Kier alpha value is -2.53. The highest BCUT2D eigenvalue weighted by atomic mass is 16.5. The van der Waals surface area contributed by atoms with E-state index in [9.17, 15) is 4.79 Å². The van der Waals surface area contributed by atoms with E-state index in [0.717, 1.165) is 50.5 Å². The van der Waals surface area contributed by atoms with E-state index in [1.165, 1.54) is 11.1 Å². The predicted octanol–water partition coefficient (Wildman–Crippen LogP) is 3.80. The van der Waals surface area contributed by atoms with E-state index in [2.05, 4.69) is 29.3 Å². The van der Waals surface area contributed by atoms with Gasteiger partial charge in [-0.25, -0.2) is 0 Å². The van der Waals surface area contributed by atoms with Crippen LogP contribution in [0.4, 0.5) is 11.4 Å².